The van der Waals surface area contributed by atoms with Gasteiger partial charge < -0.3 is 15.4 Å². The number of thioether (sulfide) groups is 1. The average Bonchev–Trinajstić information content (AvgIpc) is 2.77. The lowest BCUT2D eigenvalue weighted by molar-refractivity contribution is -0.115. The van der Waals surface area contributed by atoms with E-state index >= 15 is 0 Å². The van der Waals surface area contributed by atoms with Crippen LogP contribution in [0.1, 0.15) is 29.3 Å². The first kappa shape index (κ1) is 22.4. The minimum Gasteiger partial charge on any atom is -0.497 e. The topological polar surface area (TPSA) is 67.4 Å². The number of benzene rings is 3. The van der Waals surface area contributed by atoms with E-state index in [9.17, 15) is 9.59 Å². The van der Waals surface area contributed by atoms with E-state index in [1.165, 1.54) is 11.8 Å². The SMILES string of the molecule is CCC(Sc1cccc(NC(=O)c2cccc(OC)c2)c1)C(=O)Nc1cccc(C)c1. The van der Waals surface area contributed by atoms with Crippen LogP contribution in [0.25, 0.3) is 0 Å². The molecule has 6 heteroatoms. The van der Waals surface area contributed by atoms with Crippen molar-refractivity contribution >= 4 is 35.0 Å². The zero-order chi connectivity index (χ0) is 22.2. The third-order valence-electron chi connectivity index (χ3n) is 4.65. The van der Waals surface area contributed by atoms with E-state index in [4.69, 9.17) is 4.74 Å². The highest BCUT2D eigenvalue weighted by atomic mass is 32.2. The number of anilines is 2. The molecular formula is C25H26N2O3S. The molecule has 5 nitrogen and oxygen atoms in total. The fourth-order valence-corrected chi connectivity index (χ4v) is 4.06. The molecule has 2 N–H and O–H groups in total. The Labute approximate surface area is 187 Å². The van der Waals surface area contributed by atoms with E-state index < -0.39 is 0 Å². The summed E-state index contributed by atoms with van der Waals surface area (Å²) in [4.78, 5) is 26.2. The molecule has 0 saturated heterocycles. The second-order valence-electron chi connectivity index (χ2n) is 7.09. The van der Waals surface area contributed by atoms with Crippen LogP contribution in [0.15, 0.2) is 77.7 Å². The second kappa shape index (κ2) is 10.7. The molecule has 3 aromatic rings. The number of ether oxygens (including phenoxy) is 1. The minimum atomic E-state index is -0.246. The lowest BCUT2D eigenvalue weighted by Crippen LogP contribution is -2.24. The third kappa shape index (κ3) is 6.36. The summed E-state index contributed by atoms with van der Waals surface area (Å²) in [6, 6.07) is 22.3. The third-order valence-corrected chi connectivity index (χ3v) is 6.01. The van der Waals surface area contributed by atoms with Gasteiger partial charge in [0, 0.05) is 21.8 Å². The van der Waals surface area contributed by atoms with Gasteiger partial charge in [-0.15, -0.1) is 11.8 Å². The molecule has 3 aromatic carbocycles. The molecule has 0 aromatic heterocycles. The Hall–Kier alpha value is -3.25. The van der Waals surface area contributed by atoms with E-state index in [2.05, 4.69) is 10.6 Å². The number of carbonyl (C=O) groups is 2. The Morgan fingerprint density at radius 1 is 0.935 bits per heavy atom. The maximum Gasteiger partial charge on any atom is 0.255 e. The Bertz CT molecular complexity index is 1070. The van der Waals surface area contributed by atoms with Crippen LogP contribution in [0.3, 0.4) is 0 Å². The van der Waals surface area contributed by atoms with Gasteiger partial charge in [0.25, 0.3) is 5.91 Å². The van der Waals surface area contributed by atoms with Gasteiger partial charge in [0.2, 0.25) is 5.91 Å². The summed E-state index contributed by atoms with van der Waals surface area (Å²) in [5, 5.41) is 5.65. The standard InChI is InChI=1S/C25H26N2O3S/c1-4-23(25(29)27-19-10-5-8-17(2)14-19)31-22-13-7-11-20(16-22)26-24(28)18-9-6-12-21(15-18)30-3/h5-16,23H,4H2,1-3H3,(H,26,28)(H,27,29). The highest BCUT2D eigenvalue weighted by molar-refractivity contribution is 8.00. The maximum absolute atomic E-state index is 12.8. The van der Waals surface area contributed by atoms with Gasteiger partial charge in [0.1, 0.15) is 5.75 Å². The summed E-state index contributed by atoms with van der Waals surface area (Å²) in [6.45, 7) is 3.98. The molecule has 0 aliphatic heterocycles. The van der Waals surface area contributed by atoms with E-state index in [0.717, 1.165) is 16.1 Å². The summed E-state index contributed by atoms with van der Waals surface area (Å²) >= 11 is 1.48. The lowest BCUT2D eigenvalue weighted by Gasteiger charge is -2.16. The summed E-state index contributed by atoms with van der Waals surface area (Å²) in [5.41, 5.74) is 3.08. The Morgan fingerprint density at radius 2 is 1.65 bits per heavy atom. The van der Waals surface area contributed by atoms with E-state index in [-0.39, 0.29) is 17.1 Å². The second-order valence-corrected chi connectivity index (χ2v) is 8.36. The first-order chi connectivity index (χ1) is 15.0. The molecule has 0 fully saturated rings. The molecule has 1 atom stereocenters. The zero-order valence-corrected chi connectivity index (χ0v) is 18.7. The van der Waals surface area contributed by atoms with Gasteiger partial charge in [-0.1, -0.05) is 31.2 Å². The molecule has 160 valence electrons. The molecule has 0 saturated carbocycles. The highest BCUT2D eigenvalue weighted by Crippen LogP contribution is 2.29. The molecule has 0 heterocycles. The predicted octanol–water partition coefficient (Wildman–Crippen LogP) is 5.77. The van der Waals surface area contributed by atoms with Crippen LogP contribution in [0, 0.1) is 6.92 Å². The van der Waals surface area contributed by atoms with Crippen LogP contribution < -0.4 is 15.4 Å². The molecule has 0 spiro atoms. The van der Waals surface area contributed by atoms with Crippen molar-refractivity contribution in [3.63, 3.8) is 0 Å². The fourth-order valence-electron chi connectivity index (χ4n) is 3.05. The minimum absolute atomic E-state index is 0.0380. The first-order valence-corrected chi connectivity index (χ1v) is 11.0. The number of nitrogens with one attached hydrogen (secondary N) is 2. The van der Waals surface area contributed by atoms with Crippen molar-refractivity contribution in [1.29, 1.82) is 0 Å². The van der Waals surface area contributed by atoms with Gasteiger partial charge in [-0.3, -0.25) is 9.59 Å². The van der Waals surface area contributed by atoms with Gasteiger partial charge >= 0.3 is 0 Å². The van der Waals surface area contributed by atoms with E-state index in [1.807, 2.05) is 62.4 Å². The first-order valence-electron chi connectivity index (χ1n) is 10.1. The predicted molar refractivity (Wildman–Crippen MR) is 127 cm³/mol. The Morgan fingerprint density at radius 3 is 2.35 bits per heavy atom. The molecule has 0 aliphatic rings. The number of carbonyl (C=O) groups excluding carboxylic acids is 2. The largest absolute Gasteiger partial charge is 0.497 e. The van der Waals surface area contributed by atoms with E-state index in [0.29, 0.717) is 23.4 Å². The molecule has 0 radical (unpaired) electrons. The van der Waals surface area contributed by atoms with Crippen molar-refractivity contribution in [1.82, 2.24) is 0 Å². The summed E-state index contributed by atoms with van der Waals surface area (Å²) in [6.07, 6.45) is 0.683. The number of amides is 2. The quantitative estimate of drug-likeness (QED) is 0.442. The fraction of sp³-hybridized carbons (Fsp3) is 0.200. The zero-order valence-electron chi connectivity index (χ0n) is 17.8. The summed E-state index contributed by atoms with van der Waals surface area (Å²) in [5.74, 6) is 0.372. The summed E-state index contributed by atoms with van der Waals surface area (Å²) < 4.78 is 5.18. The maximum atomic E-state index is 12.8. The number of hydrogen-bond acceptors (Lipinski definition) is 4. The van der Waals surface area contributed by atoms with Crippen LogP contribution in [0.2, 0.25) is 0 Å². The number of methoxy groups -OCH3 is 1. The lowest BCUT2D eigenvalue weighted by atomic mass is 10.2. The number of aryl methyl sites for hydroxylation is 1. The Kier molecular flexibility index (Phi) is 7.73. The molecule has 1 unspecified atom stereocenters. The van der Waals surface area contributed by atoms with Gasteiger partial charge in [0.15, 0.2) is 0 Å². The van der Waals surface area contributed by atoms with Crippen molar-refractivity contribution in [2.45, 2.75) is 30.4 Å². The smallest absolute Gasteiger partial charge is 0.255 e. The van der Waals surface area contributed by atoms with Crippen molar-refractivity contribution in [2.75, 3.05) is 17.7 Å². The van der Waals surface area contributed by atoms with Crippen molar-refractivity contribution in [3.05, 3.63) is 83.9 Å². The molecule has 2 amide bonds. The molecule has 0 aliphatic carbocycles. The molecule has 3 rings (SSSR count). The van der Waals surface area contributed by atoms with Crippen LogP contribution in [0.4, 0.5) is 11.4 Å². The van der Waals surface area contributed by atoms with Gasteiger partial charge in [-0.25, -0.2) is 0 Å². The summed E-state index contributed by atoms with van der Waals surface area (Å²) in [7, 11) is 1.57. The number of rotatable bonds is 8. The van der Waals surface area contributed by atoms with Crippen LogP contribution >= 0.6 is 11.8 Å². The normalized spacial score (nSPS) is 11.5. The van der Waals surface area contributed by atoms with Gasteiger partial charge in [-0.2, -0.15) is 0 Å². The van der Waals surface area contributed by atoms with Crippen molar-refractivity contribution in [3.8, 4) is 5.75 Å². The highest BCUT2D eigenvalue weighted by Gasteiger charge is 2.18. The Balaban J connectivity index is 1.66. The number of hydrogen-bond donors (Lipinski definition) is 2. The van der Waals surface area contributed by atoms with Crippen molar-refractivity contribution in [2.24, 2.45) is 0 Å². The van der Waals surface area contributed by atoms with Crippen LogP contribution in [-0.4, -0.2) is 24.2 Å². The molecular weight excluding hydrogens is 408 g/mol. The van der Waals surface area contributed by atoms with E-state index in [1.54, 1.807) is 31.4 Å². The van der Waals surface area contributed by atoms with Crippen LogP contribution in [-0.2, 0) is 4.79 Å². The average molecular weight is 435 g/mol. The van der Waals surface area contributed by atoms with Crippen molar-refractivity contribution < 1.29 is 14.3 Å². The monoisotopic (exact) mass is 434 g/mol. The molecule has 0 bridgehead atoms. The van der Waals surface area contributed by atoms with Gasteiger partial charge in [0.05, 0.1) is 12.4 Å². The molecule has 31 heavy (non-hydrogen) atoms. The van der Waals surface area contributed by atoms with Gasteiger partial charge in [-0.05, 0) is 67.4 Å². The van der Waals surface area contributed by atoms with Crippen LogP contribution in [0.5, 0.6) is 5.75 Å².